The third kappa shape index (κ3) is 3.04. The summed E-state index contributed by atoms with van der Waals surface area (Å²) in [6, 6.07) is 13.6. The Labute approximate surface area is 143 Å². The zero-order valence-electron chi connectivity index (χ0n) is 12.8. The van der Waals surface area contributed by atoms with Crippen LogP contribution in [0.2, 0.25) is 0 Å². The topological polar surface area (TPSA) is 70.4 Å². The van der Waals surface area contributed by atoms with E-state index in [0.29, 0.717) is 5.69 Å². The number of rotatable bonds is 4. The first kappa shape index (κ1) is 15.9. The normalized spacial score (nSPS) is 11.2. The lowest BCUT2D eigenvalue weighted by Crippen LogP contribution is -2.18. The maximum Gasteiger partial charge on any atom is 0.264 e. The van der Waals surface area contributed by atoms with Crippen LogP contribution in [-0.2, 0) is 6.54 Å². The van der Waals surface area contributed by atoms with E-state index in [1.807, 2.05) is 42.5 Å². The maximum absolute atomic E-state index is 12.0. The fourth-order valence-electron chi connectivity index (χ4n) is 2.39. The molecule has 0 bridgehead atoms. The van der Waals surface area contributed by atoms with Gasteiger partial charge in [-0.3, -0.25) is 19.3 Å². The monoisotopic (exact) mass is 337 g/mol. The number of aromatic hydroxyl groups is 1. The lowest BCUT2D eigenvalue weighted by Gasteiger charge is -2.08. The molecule has 5 nitrogen and oxygen atoms in total. The van der Waals surface area contributed by atoms with E-state index >= 15 is 0 Å². The predicted octanol–water partition coefficient (Wildman–Crippen LogP) is 3.70. The summed E-state index contributed by atoms with van der Waals surface area (Å²) in [6.07, 6.45) is 2.92. The van der Waals surface area contributed by atoms with Gasteiger partial charge in [0.15, 0.2) is 4.77 Å². The molecule has 0 spiro atoms. The Morgan fingerprint density at radius 1 is 1.25 bits per heavy atom. The van der Waals surface area contributed by atoms with Gasteiger partial charge in [0.25, 0.3) is 5.56 Å². The molecule has 0 aliphatic carbocycles. The minimum atomic E-state index is -0.484. The molecule has 0 radical (unpaired) electrons. The third-order valence-corrected chi connectivity index (χ3v) is 3.92. The standard InChI is InChI=1S/C18H15N3O2S/c1-2-9-21-17(23)15(16(22)20-18(21)24)11-19-14-8-7-12-5-3-4-6-13(12)10-14/h2-8,10-11,23H,1,9H2,(H,20,22,24). The van der Waals surface area contributed by atoms with Gasteiger partial charge in [-0.05, 0) is 35.1 Å². The number of aromatic nitrogens is 2. The second-order valence-electron chi connectivity index (χ2n) is 5.19. The van der Waals surface area contributed by atoms with E-state index in [0.717, 1.165) is 10.8 Å². The van der Waals surface area contributed by atoms with Crippen LogP contribution >= 0.6 is 12.2 Å². The van der Waals surface area contributed by atoms with E-state index in [4.69, 9.17) is 12.2 Å². The number of aromatic amines is 1. The largest absolute Gasteiger partial charge is 0.494 e. The molecule has 0 fully saturated rings. The predicted molar refractivity (Wildman–Crippen MR) is 99.0 cm³/mol. The fraction of sp³-hybridized carbons (Fsp3) is 0.0556. The Hall–Kier alpha value is -2.99. The summed E-state index contributed by atoms with van der Waals surface area (Å²) in [5.74, 6) is -0.229. The summed E-state index contributed by atoms with van der Waals surface area (Å²) < 4.78 is 1.52. The summed E-state index contributed by atoms with van der Waals surface area (Å²) in [4.78, 5) is 18.9. The van der Waals surface area contributed by atoms with Gasteiger partial charge in [0.05, 0.1) is 5.69 Å². The zero-order valence-corrected chi connectivity index (χ0v) is 13.6. The number of nitrogens with zero attached hydrogens (tertiary/aromatic N) is 2. The molecular weight excluding hydrogens is 322 g/mol. The van der Waals surface area contributed by atoms with Crippen molar-refractivity contribution in [1.82, 2.24) is 9.55 Å². The Kier molecular flexibility index (Phi) is 4.39. The Balaban J connectivity index is 2.04. The van der Waals surface area contributed by atoms with Gasteiger partial charge in [0.2, 0.25) is 5.88 Å². The highest BCUT2D eigenvalue weighted by atomic mass is 32.1. The summed E-state index contributed by atoms with van der Waals surface area (Å²) in [5.41, 5.74) is 0.256. The number of H-pyrrole nitrogens is 1. The highest BCUT2D eigenvalue weighted by Crippen LogP contribution is 2.21. The molecule has 2 aromatic carbocycles. The number of fused-ring (bicyclic) bond motifs is 1. The van der Waals surface area contributed by atoms with Crippen molar-refractivity contribution in [2.24, 2.45) is 4.99 Å². The smallest absolute Gasteiger partial charge is 0.264 e. The van der Waals surface area contributed by atoms with E-state index in [2.05, 4.69) is 16.6 Å². The van der Waals surface area contributed by atoms with E-state index in [1.54, 1.807) is 6.08 Å². The number of benzene rings is 2. The Morgan fingerprint density at radius 2 is 2.00 bits per heavy atom. The lowest BCUT2D eigenvalue weighted by atomic mass is 10.1. The van der Waals surface area contributed by atoms with Crippen molar-refractivity contribution >= 4 is 34.9 Å². The van der Waals surface area contributed by atoms with E-state index in [9.17, 15) is 9.90 Å². The molecule has 0 aliphatic rings. The van der Waals surface area contributed by atoms with Crippen molar-refractivity contribution in [3.05, 3.63) is 75.8 Å². The van der Waals surface area contributed by atoms with Crippen molar-refractivity contribution in [2.75, 3.05) is 0 Å². The quantitative estimate of drug-likeness (QED) is 0.433. The summed E-state index contributed by atoms with van der Waals surface area (Å²) in [5, 5.41) is 12.4. The highest BCUT2D eigenvalue weighted by molar-refractivity contribution is 7.71. The number of hydrogen-bond donors (Lipinski definition) is 2. The van der Waals surface area contributed by atoms with E-state index < -0.39 is 5.56 Å². The molecule has 3 rings (SSSR count). The molecular formula is C18H15N3O2S. The third-order valence-electron chi connectivity index (χ3n) is 3.59. The molecule has 3 aromatic rings. The SMILES string of the molecule is C=CCn1c(O)c(C=Nc2ccc3ccccc3c2)c(=O)[nH]c1=S. The van der Waals surface area contributed by atoms with Crippen LogP contribution in [0.4, 0.5) is 5.69 Å². The summed E-state index contributed by atoms with van der Waals surface area (Å²) in [7, 11) is 0. The van der Waals surface area contributed by atoms with Crippen molar-refractivity contribution in [3.63, 3.8) is 0 Å². The zero-order chi connectivity index (χ0) is 17.1. The van der Waals surface area contributed by atoms with Gasteiger partial charge in [-0.15, -0.1) is 6.58 Å². The van der Waals surface area contributed by atoms with Crippen LogP contribution in [-0.4, -0.2) is 20.9 Å². The first-order valence-corrected chi connectivity index (χ1v) is 7.71. The molecule has 1 aromatic heterocycles. The number of hydrogen-bond acceptors (Lipinski definition) is 4. The van der Waals surface area contributed by atoms with Gasteiger partial charge < -0.3 is 5.11 Å². The summed E-state index contributed by atoms with van der Waals surface area (Å²) >= 11 is 5.04. The van der Waals surface area contributed by atoms with Gasteiger partial charge >= 0.3 is 0 Å². The Morgan fingerprint density at radius 3 is 2.75 bits per heavy atom. The van der Waals surface area contributed by atoms with Crippen molar-refractivity contribution in [3.8, 4) is 5.88 Å². The van der Waals surface area contributed by atoms with Crippen LogP contribution in [0, 0.1) is 4.77 Å². The minimum Gasteiger partial charge on any atom is -0.494 e. The average Bonchev–Trinajstić information content (AvgIpc) is 2.58. The molecule has 0 amide bonds. The molecule has 0 aliphatic heterocycles. The molecule has 1 heterocycles. The minimum absolute atomic E-state index is 0.0543. The molecule has 24 heavy (non-hydrogen) atoms. The number of allylic oxidation sites excluding steroid dienone is 1. The van der Waals surface area contributed by atoms with E-state index in [-0.39, 0.29) is 22.8 Å². The van der Waals surface area contributed by atoms with Crippen LogP contribution in [0.15, 0.2) is 64.9 Å². The van der Waals surface area contributed by atoms with Gasteiger partial charge in [-0.2, -0.15) is 0 Å². The van der Waals surface area contributed by atoms with Crippen LogP contribution in [0.25, 0.3) is 10.8 Å². The molecule has 6 heteroatoms. The van der Waals surface area contributed by atoms with E-state index in [1.165, 1.54) is 10.8 Å². The van der Waals surface area contributed by atoms with Crippen molar-refractivity contribution < 1.29 is 5.11 Å². The molecule has 0 atom stereocenters. The maximum atomic E-state index is 12.0. The molecule has 2 N–H and O–H groups in total. The number of aliphatic imine (C=N–C) groups is 1. The second kappa shape index (κ2) is 6.64. The van der Waals surface area contributed by atoms with Gasteiger partial charge in [-0.25, -0.2) is 0 Å². The first-order chi connectivity index (χ1) is 11.6. The average molecular weight is 337 g/mol. The second-order valence-corrected chi connectivity index (χ2v) is 5.57. The van der Waals surface area contributed by atoms with Gasteiger partial charge in [-0.1, -0.05) is 36.4 Å². The summed E-state index contributed by atoms with van der Waals surface area (Å²) in [6.45, 7) is 3.90. The Bertz CT molecular complexity index is 1060. The van der Waals surface area contributed by atoms with Gasteiger partial charge in [0.1, 0.15) is 5.56 Å². The van der Waals surface area contributed by atoms with Gasteiger partial charge in [0, 0.05) is 12.8 Å². The van der Waals surface area contributed by atoms with Crippen LogP contribution in [0.5, 0.6) is 5.88 Å². The lowest BCUT2D eigenvalue weighted by molar-refractivity contribution is 0.413. The van der Waals surface area contributed by atoms with Crippen LogP contribution in [0.1, 0.15) is 5.56 Å². The molecule has 0 unspecified atom stereocenters. The fourth-order valence-corrected chi connectivity index (χ4v) is 2.64. The van der Waals surface area contributed by atoms with Crippen LogP contribution < -0.4 is 5.56 Å². The number of nitrogens with one attached hydrogen (secondary N) is 1. The molecule has 120 valence electrons. The van der Waals surface area contributed by atoms with Crippen molar-refractivity contribution in [1.29, 1.82) is 0 Å². The molecule has 0 saturated heterocycles. The molecule has 0 saturated carbocycles. The highest BCUT2D eigenvalue weighted by Gasteiger charge is 2.09. The first-order valence-electron chi connectivity index (χ1n) is 7.30. The van der Waals surface area contributed by atoms with Crippen LogP contribution in [0.3, 0.4) is 0 Å². The van der Waals surface area contributed by atoms with Crippen molar-refractivity contribution in [2.45, 2.75) is 6.54 Å².